The second kappa shape index (κ2) is 7.84. The minimum atomic E-state index is -0.187. The Kier molecular flexibility index (Phi) is 5.55. The largest absolute Gasteiger partial charge is 0.378 e. The monoisotopic (exact) mass is 347 g/mol. The first-order chi connectivity index (χ1) is 12.1. The zero-order valence-electron chi connectivity index (χ0n) is 14.8. The summed E-state index contributed by atoms with van der Waals surface area (Å²) in [6.07, 6.45) is 0. The van der Waals surface area contributed by atoms with Crippen molar-refractivity contribution in [3.8, 4) is 0 Å². The SMILES string of the molecule is Cc1ccc(C)c(C(=O)N2CCOCC2)c1NC(=O)N1CCOCC1. The predicted octanol–water partition coefficient (Wildman–Crippen LogP) is 1.64. The topological polar surface area (TPSA) is 71.1 Å². The summed E-state index contributed by atoms with van der Waals surface area (Å²) in [6.45, 7) is 8.25. The molecule has 2 aliphatic rings. The molecule has 0 unspecified atom stereocenters. The van der Waals surface area contributed by atoms with E-state index in [0.717, 1.165) is 11.1 Å². The minimum absolute atomic E-state index is 0.0539. The number of aryl methyl sites for hydroxylation is 2. The van der Waals surface area contributed by atoms with E-state index in [4.69, 9.17) is 9.47 Å². The number of morpholine rings is 2. The van der Waals surface area contributed by atoms with Crippen LogP contribution in [0.15, 0.2) is 12.1 Å². The fraction of sp³-hybridized carbons (Fsp3) is 0.556. The maximum absolute atomic E-state index is 13.0. The number of ether oxygens (including phenoxy) is 2. The molecule has 0 spiro atoms. The number of carbonyl (C=O) groups excluding carboxylic acids is 2. The number of carbonyl (C=O) groups is 2. The maximum Gasteiger partial charge on any atom is 0.322 e. The molecule has 0 radical (unpaired) electrons. The second-order valence-electron chi connectivity index (χ2n) is 6.38. The molecule has 7 heteroatoms. The van der Waals surface area contributed by atoms with Crippen LogP contribution in [0.2, 0.25) is 0 Å². The van der Waals surface area contributed by atoms with Gasteiger partial charge in [-0.3, -0.25) is 4.79 Å². The average molecular weight is 347 g/mol. The predicted molar refractivity (Wildman–Crippen MR) is 94.0 cm³/mol. The lowest BCUT2D eigenvalue weighted by Crippen LogP contribution is -2.44. The van der Waals surface area contributed by atoms with Crippen LogP contribution in [0, 0.1) is 13.8 Å². The summed E-state index contributed by atoms with van der Waals surface area (Å²) >= 11 is 0. The van der Waals surface area contributed by atoms with Crippen molar-refractivity contribution >= 4 is 17.6 Å². The Labute approximate surface area is 147 Å². The van der Waals surface area contributed by atoms with Crippen LogP contribution in [0.1, 0.15) is 21.5 Å². The Balaban J connectivity index is 1.85. The number of hydrogen-bond acceptors (Lipinski definition) is 4. The van der Waals surface area contributed by atoms with Crippen molar-refractivity contribution in [2.45, 2.75) is 13.8 Å². The number of benzene rings is 1. The van der Waals surface area contributed by atoms with Crippen molar-refractivity contribution in [2.75, 3.05) is 57.9 Å². The average Bonchev–Trinajstić information content (AvgIpc) is 2.66. The molecule has 0 atom stereocenters. The van der Waals surface area contributed by atoms with Gasteiger partial charge in [-0.1, -0.05) is 12.1 Å². The lowest BCUT2D eigenvalue weighted by molar-refractivity contribution is 0.0303. The van der Waals surface area contributed by atoms with E-state index in [1.54, 1.807) is 9.80 Å². The molecular formula is C18H25N3O4. The van der Waals surface area contributed by atoms with Crippen LogP contribution in [0.25, 0.3) is 0 Å². The highest BCUT2D eigenvalue weighted by Gasteiger charge is 2.26. The smallest absolute Gasteiger partial charge is 0.322 e. The van der Waals surface area contributed by atoms with Gasteiger partial charge in [0.2, 0.25) is 0 Å². The van der Waals surface area contributed by atoms with Gasteiger partial charge < -0.3 is 24.6 Å². The van der Waals surface area contributed by atoms with Crippen molar-refractivity contribution in [1.29, 1.82) is 0 Å². The quantitative estimate of drug-likeness (QED) is 0.883. The summed E-state index contributed by atoms with van der Waals surface area (Å²) in [4.78, 5) is 29.1. The molecule has 2 fully saturated rings. The molecule has 2 saturated heterocycles. The first kappa shape index (κ1) is 17.7. The van der Waals surface area contributed by atoms with Crippen LogP contribution in [-0.4, -0.2) is 74.3 Å². The number of anilines is 1. The number of amides is 3. The molecule has 1 aromatic rings. The molecule has 3 amide bonds. The van der Waals surface area contributed by atoms with Crippen molar-refractivity contribution in [3.63, 3.8) is 0 Å². The van der Waals surface area contributed by atoms with Gasteiger partial charge in [-0.25, -0.2) is 4.79 Å². The van der Waals surface area contributed by atoms with Crippen molar-refractivity contribution in [3.05, 3.63) is 28.8 Å². The van der Waals surface area contributed by atoms with E-state index in [-0.39, 0.29) is 11.9 Å². The van der Waals surface area contributed by atoms with Gasteiger partial charge in [0.1, 0.15) is 0 Å². The number of urea groups is 1. The summed E-state index contributed by atoms with van der Waals surface area (Å²) in [5.41, 5.74) is 2.92. The standard InChI is InChI=1S/C18H25N3O4/c1-13-3-4-14(2)16(19-18(23)21-7-11-25-12-8-21)15(13)17(22)20-5-9-24-10-6-20/h3-4H,5-12H2,1-2H3,(H,19,23). The molecule has 0 aliphatic carbocycles. The van der Waals surface area contributed by atoms with E-state index < -0.39 is 0 Å². The highest BCUT2D eigenvalue weighted by molar-refractivity contribution is 6.05. The normalized spacial score (nSPS) is 18.2. The maximum atomic E-state index is 13.0. The third-order valence-corrected chi connectivity index (χ3v) is 4.66. The Bertz CT molecular complexity index is 650. The Morgan fingerprint density at radius 1 is 0.880 bits per heavy atom. The van der Waals surface area contributed by atoms with Crippen molar-refractivity contribution in [2.24, 2.45) is 0 Å². The van der Waals surface area contributed by atoms with Crippen molar-refractivity contribution < 1.29 is 19.1 Å². The minimum Gasteiger partial charge on any atom is -0.378 e. The number of nitrogens with one attached hydrogen (secondary N) is 1. The lowest BCUT2D eigenvalue weighted by atomic mass is 10.0. The van der Waals surface area contributed by atoms with Gasteiger partial charge >= 0.3 is 6.03 Å². The van der Waals surface area contributed by atoms with E-state index in [1.165, 1.54) is 0 Å². The van der Waals surface area contributed by atoms with Crippen LogP contribution in [-0.2, 0) is 9.47 Å². The van der Waals surface area contributed by atoms with Crippen LogP contribution < -0.4 is 5.32 Å². The van der Waals surface area contributed by atoms with Gasteiger partial charge in [-0.2, -0.15) is 0 Å². The summed E-state index contributed by atoms with van der Waals surface area (Å²) in [5, 5.41) is 2.96. The van der Waals surface area contributed by atoms with E-state index in [0.29, 0.717) is 63.9 Å². The number of rotatable bonds is 2. The van der Waals surface area contributed by atoms with Gasteiger partial charge in [0.25, 0.3) is 5.91 Å². The Morgan fingerprint density at radius 3 is 2.00 bits per heavy atom. The Morgan fingerprint density at radius 2 is 1.40 bits per heavy atom. The molecule has 0 aromatic heterocycles. The molecule has 1 aromatic carbocycles. The lowest BCUT2D eigenvalue weighted by Gasteiger charge is -2.30. The molecule has 25 heavy (non-hydrogen) atoms. The van der Waals surface area contributed by atoms with Crippen LogP contribution in [0.4, 0.5) is 10.5 Å². The first-order valence-electron chi connectivity index (χ1n) is 8.69. The van der Waals surface area contributed by atoms with Gasteiger partial charge in [0, 0.05) is 26.2 Å². The summed E-state index contributed by atoms with van der Waals surface area (Å²) in [5.74, 6) is -0.0539. The summed E-state index contributed by atoms with van der Waals surface area (Å²) in [7, 11) is 0. The van der Waals surface area contributed by atoms with Gasteiger partial charge in [0.05, 0.1) is 37.7 Å². The highest BCUT2D eigenvalue weighted by Crippen LogP contribution is 2.26. The van der Waals surface area contributed by atoms with E-state index >= 15 is 0 Å². The van der Waals surface area contributed by atoms with E-state index in [9.17, 15) is 9.59 Å². The van der Waals surface area contributed by atoms with E-state index in [1.807, 2.05) is 26.0 Å². The molecular weight excluding hydrogens is 322 g/mol. The third-order valence-electron chi connectivity index (χ3n) is 4.66. The molecule has 2 heterocycles. The molecule has 7 nitrogen and oxygen atoms in total. The zero-order valence-corrected chi connectivity index (χ0v) is 14.8. The Hall–Kier alpha value is -2.12. The molecule has 0 saturated carbocycles. The molecule has 3 rings (SSSR count). The van der Waals surface area contributed by atoms with Crippen LogP contribution >= 0.6 is 0 Å². The second-order valence-corrected chi connectivity index (χ2v) is 6.38. The molecule has 136 valence electrons. The fourth-order valence-corrected chi connectivity index (χ4v) is 3.12. The van der Waals surface area contributed by atoms with Crippen LogP contribution in [0.3, 0.4) is 0 Å². The molecule has 0 bridgehead atoms. The number of nitrogens with zero attached hydrogens (tertiary/aromatic N) is 2. The molecule has 1 N–H and O–H groups in total. The van der Waals surface area contributed by atoms with E-state index in [2.05, 4.69) is 5.32 Å². The van der Waals surface area contributed by atoms with Crippen LogP contribution in [0.5, 0.6) is 0 Å². The highest BCUT2D eigenvalue weighted by atomic mass is 16.5. The van der Waals surface area contributed by atoms with Gasteiger partial charge in [0.15, 0.2) is 0 Å². The van der Waals surface area contributed by atoms with Gasteiger partial charge in [-0.05, 0) is 25.0 Å². The van der Waals surface area contributed by atoms with Gasteiger partial charge in [-0.15, -0.1) is 0 Å². The fourth-order valence-electron chi connectivity index (χ4n) is 3.12. The molecule has 2 aliphatic heterocycles. The third kappa shape index (κ3) is 3.93. The number of hydrogen-bond donors (Lipinski definition) is 1. The zero-order chi connectivity index (χ0) is 17.8. The van der Waals surface area contributed by atoms with Crippen molar-refractivity contribution in [1.82, 2.24) is 9.80 Å². The summed E-state index contributed by atoms with van der Waals surface area (Å²) in [6, 6.07) is 3.67. The summed E-state index contributed by atoms with van der Waals surface area (Å²) < 4.78 is 10.6. The first-order valence-corrected chi connectivity index (χ1v) is 8.69.